The van der Waals surface area contributed by atoms with Crippen LogP contribution in [0.5, 0.6) is 11.5 Å². The maximum absolute atomic E-state index is 13.9. The van der Waals surface area contributed by atoms with Gasteiger partial charge in [-0.05, 0) is 93.4 Å². The summed E-state index contributed by atoms with van der Waals surface area (Å²) < 4.78 is 54.7. The van der Waals surface area contributed by atoms with Gasteiger partial charge < -0.3 is 14.0 Å². The molecule has 0 atom stereocenters. The predicted octanol–water partition coefficient (Wildman–Crippen LogP) is 5.21. The molecule has 0 aliphatic rings. The average molecular weight is 593 g/mol. The molecule has 0 aliphatic carbocycles. The van der Waals surface area contributed by atoms with Gasteiger partial charge in [0.25, 0.3) is 15.9 Å². The van der Waals surface area contributed by atoms with E-state index >= 15 is 0 Å². The molecule has 1 heterocycles. The Morgan fingerprint density at radius 1 is 0.929 bits per heavy atom. The van der Waals surface area contributed by atoms with Crippen molar-refractivity contribution in [3.63, 3.8) is 0 Å². The molecule has 0 unspecified atom stereocenters. The van der Waals surface area contributed by atoms with E-state index in [1.165, 1.54) is 50.8 Å². The van der Waals surface area contributed by atoms with E-state index in [-0.39, 0.29) is 16.5 Å². The topological polar surface area (TPSA) is 102 Å². The van der Waals surface area contributed by atoms with E-state index in [0.29, 0.717) is 11.4 Å². The van der Waals surface area contributed by atoms with Crippen molar-refractivity contribution in [2.75, 3.05) is 25.1 Å². The summed E-state index contributed by atoms with van der Waals surface area (Å²) in [5.41, 5.74) is 7.73. The third-order valence-electron chi connectivity index (χ3n) is 6.67. The normalized spacial score (nSPS) is 11.5. The molecule has 4 rings (SSSR count). The summed E-state index contributed by atoms with van der Waals surface area (Å²) in [7, 11) is -1.33. The minimum atomic E-state index is -4.21. The second kappa shape index (κ2) is 12.5. The number of ether oxygens (including phenoxy) is 2. The first-order valence-electron chi connectivity index (χ1n) is 13.0. The second-order valence-electron chi connectivity index (χ2n) is 9.81. The number of aryl methyl sites for hydroxylation is 3. The minimum Gasteiger partial charge on any atom is -0.493 e. The summed E-state index contributed by atoms with van der Waals surface area (Å²) in [6.07, 6.45) is 1.49. The zero-order chi connectivity index (χ0) is 30.6. The van der Waals surface area contributed by atoms with Gasteiger partial charge in [0.2, 0.25) is 0 Å². The van der Waals surface area contributed by atoms with Crippen LogP contribution in [0.2, 0.25) is 0 Å². The van der Waals surface area contributed by atoms with Gasteiger partial charge in [0.15, 0.2) is 11.5 Å². The van der Waals surface area contributed by atoms with Crippen LogP contribution in [-0.2, 0) is 14.8 Å². The number of sulfonamides is 1. The fourth-order valence-electron chi connectivity index (χ4n) is 4.76. The van der Waals surface area contributed by atoms with Crippen LogP contribution in [0.15, 0.2) is 76.7 Å². The molecule has 4 aromatic rings. The fraction of sp³-hybridized carbons (Fsp3) is 0.226. The third-order valence-corrected chi connectivity index (χ3v) is 8.44. The predicted molar refractivity (Wildman–Crippen MR) is 161 cm³/mol. The van der Waals surface area contributed by atoms with Crippen LogP contribution in [0.1, 0.15) is 28.1 Å². The number of halogens is 1. The summed E-state index contributed by atoms with van der Waals surface area (Å²) in [6.45, 7) is 6.98. The number of benzene rings is 3. The van der Waals surface area contributed by atoms with Crippen molar-refractivity contribution < 1.29 is 27.1 Å². The van der Waals surface area contributed by atoms with Crippen LogP contribution in [0, 0.1) is 33.5 Å². The van der Waals surface area contributed by atoms with Crippen molar-refractivity contribution in [1.29, 1.82) is 0 Å². The summed E-state index contributed by atoms with van der Waals surface area (Å²) in [5.74, 6) is -0.345. The molecule has 9 nitrogen and oxygen atoms in total. The van der Waals surface area contributed by atoms with E-state index in [9.17, 15) is 17.6 Å². The number of hydrazone groups is 1. The van der Waals surface area contributed by atoms with E-state index in [2.05, 4.69) is 10.5 Å². The highest BCUT2D eigenvalue weighted by atomic mass is 32.2. The standard InChI is InChI=1S/C31H33FN4O5S/c1-20-13-21(2)15-27(14-20)35(42(38,39)28-11-12-29(40-5)30(17-28)41-6)19-31(37)34-33-18-24-16-22(3)36(23(24)4)26-9-7-25(32)8-10-26/h7-18H,19H2,1-6H3,(H,34,37)/b33-18-. The minimum absolute atomic E-state index is 0.0659. The molecule has 1 aromatic heterocycles. The molecule has 3 aromatic carbocycles. The van der Waals surface area contributed by atoms with Crippen LogP contribution < -0.4 is 19.2 Å². The molecule has 0 aliphatic heterocycles. The molecule has 0 saturated heterocycles. The Morgan fingerprint density at radius 3 is 2.19 bits per heavy atom. The van der Waals surface area contributed by atoms with Gasteiger partial charge in [-0.2, -0.15) is 5.10 Å². The number of hydrogen-bond donors (Lipinski definition) is 1. The van der Waals surface area contributed by atoms with Gasteiger partial charge in [0.05, 0.1) is 31.0 Å². The molecule has 0 bridgehead atoms. The highest BCUT2D eigenvalue weighted by Crippen LogP contribution is 2.32. The number of nitrogens with one attached hydrogen (secondary N) is 1. The van der Waals surface area contributed by atoms with E-state index in [1.807, 2.05) is 44.4 Å². The number of carbonyl (C=O) groups is 1. The first-order valence-corrected chi connectivity index (χ1v) is 14.5. The van der Waals surface area contributed by atoms with E-state index < -0.39 is 22.5 Å². The molecule has 0 saturated carbocycles. The molecule has 220 valence electrons. The second-order valence-corrected chi connectivity index (χ2v) is 11.7. The van der Waals surface area contributed by atoms with Crippen LogP contribution in [0.4, 0.5) is 10.1 Å². The van der Waals surface area contributed by atoms with Gasteiger partial charge in [0, 0.05) is 28.7 Å². The maximum atomic E-state index is 13.9. The molecule has 0 radical (unpaired) electrons. The first-order chi connectivity index (χ1) is 19.9. The highest BCUT2D eigenvalue weighted by molar-refractivity contribution is 7.92. The van der Waals surface area contributed by atoms with Gasteiger partial charge >= 0.3 is 0 Å². The molecule has 11 heteroatoms. The van der Waals surface area contributed by atoms with E-state index in [1.54, 1.807) is 24.3 Å². The summed E-state index contributed by atoms with van der Waals surface area (Å²) >= 11 is 0. The van der Waals surface area contributed by atoms with Crippen molar-refractivity contribution in [2.24, 2.45) is 5.10 Å². The summed E-state index contributed by atoms with van der Waals surface area (Å²) in [6, 6.07) is 17.6. The summed E-state index contributed by atoms with van der Waals surface area (Å²) in [4.78, 5) is 13.0. The molecular weight excluding hydrogens is 559 g/mol. The van der Waals surface area contributed by atoms with Crippen LogP contribution in [0.25, 0.3) is 5.69 Å². The van der Waals surface area contributed by atoms with Crippen molar-refractivity contribution in [1.82, 2.24) is 9.99 Å². The number of aromatic nitrogens is 1. The number of nitrogens with zero attached hydrogens (tertiary/aromatic N) is 3. The largest absolute Gasteiger partial charge is 0.493 e. The molecular formula is C31H33FN4O5S. The number of methoxy groups -OCH3 is 2. The Bertz CT molecular complexity index is 1730. The third kappa shape index (κ3) is 6.46. The quantitative estimate of drug-likeness (QED) is 0.201. The Hall–Kier alpha value is -4.64. The number of hydrogen-bond acceptors (Lipinski definition) is 6. The lowest BCUT2D eigenvalue weighted by Crippen LogP contribution is -2.39. The lowest BCUT2D eigenvalue weighted by Gasteiger charge is -2.25. The molecule has 1 N–H and O–H groups in total. The van der Waals surface area contributed by atoms with E-state index in [4.69, 9.17) is 9.47 Å². The molecule has 42 heavy (non-hydrogen) atoms. The van der Waals surface area contributed by atoms with Gasteiger partial charge in [-0.1, -0.05) is 6.07 Å². The van der Waals surface area contributed by atoms with Gasteiger partial charge in [-0.3, -0.25) is 9.10 Å². The number of carbonyl (C=O) groups excluding carboxylic acids is 1. The van der Waals surface area contributed by atoms with Crippen molar-refractivity contribution in [3.05, 3.63) is 101 Å². The summed E-state index contributed by atoms with van der Waals surface area (Å²) in [5, 5.41) is 4.10. The number of anilines is 1. The first kappa shape index (κ1) is 30.3. The van der Waals surface area contributed by atoms with Gasteiger partial charge in [0.1, 0.15) is 12.4 Å². The Balaban J connectivity index is 1.61. The van der Waals surface area contributed by atoms with Gasteiger partial charge in [-0.15, -0.1) is 0 Å². The molecule has 0 spiro atoms. The van der Waals surface area contributed by atoms with Crippen LogP contribution in [0.3, 0.4) is 0 Å². The monoisotopic (exact) mass is 592 g/mol. The molecule has 1 amide bonds. The van der Waals surface area contributed by atoms with Crippen LogP contribution in [-0.4, -0.2) is 45.9 Å². The SMILES string of the molecule is COc1ccc(S(=O)(=O)N(CC(=O)N/N=C\c2cc(C)n(-c3ccc(F)cc3)c2C)c2cc(C)cc(C)c2)cc1OC. The fourth-order valence-corrected chi connectivity index (χ4v) is 6.18. The van der Waals surface area contributed by atoms with E-state index in [0.717, 1.165) is 38.1 Å². The zero-order valence-electron chi connectivity index (χ0n) is 24.3. The van der Waals surface area contributed by atoms with Crippen LogP contribution >= 0.6 is 0 Å². The smallest absolute Gasteiger partial charge is 0.264 e. The Kier molecular flexibility index (Phi) is 9.01. The molecule has 0 fully saturated rings. The lowest BCUT2D eigenvalue weighted by atomic mass is 10.1. The number of amides is 1. The maximum Gasteiger partial charge on any atom is 0.264 e. The van der Waals surface area contributed by atoms with Gasteiger partial charge in [-0.25, -0.2) is 18.2 Å². The van der Waals surface area contributed by atoms with Crippen molar-refractivity contribution >= 4 is 27.8 Å². The highest BCUT2D eigenvalue weighted by Gasteiger charge is 2.29. The Morgan fingerprint density at radius 2 is 1.57 bits per heavy atom. The zero-order valence-corrected chi connectivity index (χ0v) is 25.1. The Labute approximate surface area is 245 Å². The van der Waals surface area contributed by atoms with Crippen molar-refractivity contribution in [3.8, 4) is 17.2 Å². The lowest BCUT2D eigenvalue weighted by molar-refractivity contribution is -0.119. The van der Waals surface area contributed by atoms with Crippen molar-refractivity contribution in [2.45, 2.75) is 32.6 Å². The number of rotatable bonds is 10. The average Bonchev–Trinajstić information content (AvgIpc) is 3.23.